The van der Waals surface area contributed by atoms with Gasteiger partial charge in [-0.3, -0.25) is 9.78 Å². The topological polar surface area (TPSA) is 33.2 Å². The second kappa shape index (κ2) is 7.04. The highest BCUT2D eigenvalue weighted by molar-refractivity contribution is 7.17. The van der Waals surface area contributed by atoms with E-state index < -0.39 is 0 Å². The van der Waals surface area contributed by atoms with Crippen LogP contribution >= 0.6 is 11.3 Å². The fourth-order valence-corrected chi connectivity index (χ4v) is 4.70. The summed E-state index contributed by atoms with van der Waals surface area (Å²) in [6.45, 7) is 4.66. The summed E-state index contributed by atoms with van der Waals surface area (Å²) < 4.78 is 0. The summed E-state index contributed by atoms with van der Waals surface area (Å²) in [5.74, 6) is 0.0996. The minimum atomic E-state index is 0.0996. The molecule has 4 heteroatoms. The Kier molecular flexibility index (Phi) is 4.60. The van der Waals surface area contributed by atoms with Crippen molar-refractivity contribution in [1.29, 1.82) is 0 Å². The normalized spacial score (nSPS) is 12.6. The van der Waals surface area contributed by atoms with E-state index in [1.165, 1.54) is 21.6 Å². The van der Waals surface area contributed by atoms with Crippen molar-refractivity contribution in [3.8, 4) is 10.4 Å². The van der Waals surface area contributed by atoms with Gasteiger partial charge in [0.1, 0.15) is 0 Å². The number of hydrogen-bond donors (Lipinski definition) is 0. The number of nitrogens with zero attached hydrogens (tertiary/aromatic N) is 2. The van der Waals surface area contributed by atoms with Gasteiger partial charge in [-0.05, 0) is 61.6 Å². The first kappa shape index (κ1) is 17.0. The molecule has 132 valence electrons. The molecular formula is C22H22N2OS. The first-order valence-corrected chi connectivity index (χ1v) is 9.87. The molecule has 0 spiro atoms. The number of pyridine rings is 1. The lowest BCUT2D eigenvalue weighted by molar-refractivity contribution is 0.0693. The zero-order valence-corrected chi connectivity index (χ0v) is 15.9. The molecular weight excluding hydrogens is 340 g/mol. The fraction of sp³-hybridized carbons (Fsp3) is 0.273. The zero-order chi connectivity index (χ0) is 18.1. The highest BCUT2D eigenvalue weighted by Gasteiger charge is 2.25. The van der Waals surface area contributed by atoms with Crippen LogP contribution in [-0.4, -0.2) is 21.8 Å². The molecule has 0 N–H and O–H groups in total. The highest BCUT2D eigenvalue weighted by Crippen LogP contribution is 2.40. The van der Waals surface area contributed by atoms with Crippen molar-refractivity contribution in [3.63, 3.8) is 0 Å². The van der Waals surface area contributed by atoms with Gasteiger partial charge in [-0.15, -0.1) is 11.3 Å². The molecule has 0 saturated carbocycles. The van der Waals surface area contributed by atoms with E-state index in [0.717, 1.165) is 23.4 Å². The Bertz CT molecular complexity index is 930. The van der Waals surface area contributed by atoms with Gasteiger partial charge in [-0.2, -0.15) is 0 Å². The lowest BCUT2D eigenvalue weighted by Gasteiger charge is -2.26. The van der Waals surface area contributed by atoms with E-state index >= 15 is 0 Å². The summed E-state index contributed by atoms with van der Waals surface area (Å²) in [4.78, 5) is 21.6. The van der Waals surface area contributed by atoms with Gasteiger partial charge < -0.3 is 4.90 Å². The van der Waals surface area contributed by atoms with Crippen LogP contribution in [0.4, 0.5) is 0 Å². The smallest absolute Gasteiger partial charge is 0.264 e. The van der Waals surface area contributed by atoms with Crippen molar-refractivity contribution in [2.45, 2.75) is 39.3 Å². The van der Waals surface area contributed by atoms with Crippen LogP contribution in [0.1, 0.15) is 40.3 Å². The van der Waals surface area contributed by atoms with Crippen LogP contribution in [0.3, 0.4) is 0 Å². The minimum absolute atomic E-state index is 0.0996. The van der Waals surface area contributed by atoms with Gasteiger partial charge in [0.25, 0.3) is 5.91 Å². The van der Waals surface area contributed by atoms with Gasteiger partial charge in [0, 0.05) is 17.1 Å². The fourth-order valence-electron chi connectivity index (χ4n) is 3.47. The molecule has 26 heavy (non-hydrogen) atoms. The predicted molar refractivity (Wildman–Crippen MR) is 106 cm³/mol. The molecule has 1 aliphatic carbocycles. The molecule has 0 atom stereocenters. The molecule has 1 aromatic carbocycles. The molecule has 0 unspecified atom stereocenters. The monoisotopic (exact) mass is 362 g/mol. The molecule has 2 heterocycles. The number of aryl methyl sites for hydroxylation is 2. The van der Waals surface area contributed by atoms with Gasteiger partial charge in [0.05, 0.1) is 17.1 Å². The Hall–Kier alpha value is -2.46. The van der Waals surface area contributed by atoms with Gasteiger partial charge in [-0.25, -0.2) is 0 Å². The molecule has 4 rings (SSSR count). The van der Waals surface area contributed by atoms with Crippen molar-refractivity contribution in [3.05, 3.63) is 76.4 Å². The Morgan fingerprint density at radius 2 is 1.88 bits per heavy atom. The summed E-state index contributed by atoms with van der Waals surface area (Å²) in [5.41, 5.74) is 4.90. The van der Waals surface area contributed by atoms with Crippen LogP contribution in [-0.2, 0) is 19.4 Å². The quantitative estimate of drug-likeness (QED) is 0.657. The molecule has 0 aliphatic heterocycles. The second-order valence-electron chi connectivity index (χ2n) is 6.97. The summed E-state index contributed by atoms with van der Waals surface area (Å²) in [6.07, 6.45) is 3.84. The minimum Gasteiger partial charge on any atom is -0.330 e. The predicted octanol–water partition coefficient (Wildman–Crippen LogP) is 4.96. The lowest BCUT2D eigenvalue weighted by Crippen LogP contribution is -2.36. The third-order valence-corrected chi connectivity index (χ3v) is 6.09. The van der Waals surface area contributed by atoms with Crippen LogP contribution < -0.4 is 0 Å². The van der Waals surface area contributed by atoms with Crippen LogP contribution in [0.2, 0.25) is 0 Å². The number of rotatable bonds is 4. The first-order valence-electron chi connectivity index (χ1n) is 9.05. The molecule has 1 aliphatic rings. The molecule has 0 bridgehead atoms. The highest BCUT2D eigenvalue weighted by atomic mass is 32.1. The van der Waals surface area contributed by atoms with E-state index in [4.69, 9.17) is 0 Å². The average molecular weight is 362 g/mol. The Morgan fingerprint density at radius 3 is 2.65 bits per heavy atom. The summed E-state index contributed by atoms with van der Waals surface area (Å²) in [7, 11) is 0. The van der Waals surface area contributed by atoms with E-state index in [1.807, 2.05) is 23.1 Å². The van der Waals surface area contributed by atoms with Crippen LogP contribution in [0, 0.1) is 0 Å². The number of benzene rings is 1. The standard InChI is InChI=1S/C22H22N2OS/c1-15(2)24(14-18-8-5-6-12-23-18)22(25)20-13-17-11-10-16-7-3-4-9-19(16)21(17)26-20/h3-9,12-13,15H,10-11,14H2,1-2H3. The van der Waals surface area contributed by atoms with Crippen LogP contribution in [0.5, 0.6) is 0 Å². The Balaban J connectivity index is 1.65. The molecule has 2 aromatic heterocycles. The van der Waals surface area contributed by atoms with Crippen LogP contribution in [0.25, 0.3) is 10.4 Å². The van der Waals surface area contributed by atoms with Crippen molar-refractivity contribution in [1.82, 2.24) is 9.88 Å². The Labute approximate surface area is 158 Å². The third-order valence-electron chi connectivity index (χ3n) is 4.89. The number of thiophene rings is 1. The summed E-state index contributed by atoms with van der Waals surface area (Å²) >= 11 is 1.63. The lowest BCUT2D eigenvalue weighted by atomic mass is 9.91. The number of amides is 1. The van der Waals surface area contributed by atoms with E-state index in [0.29, 0.717) is 6.54 Å². The zero-order valence-electron chi connectivity index (χ0n) is 15.1. The SMILES string of the molecule is CC(C)N(Cc1ccccn1)C(=O)c1cc2c(s1)-c1ccccc1CC2. The third kappa shape index (κ3) is 3.17. The molecule has 3 aromatic rings. The van der Waals surface area contributed by atoms with Crippen LogP contribution in [0.15, 0.2) is 54.7 Å². The largest absolute Gasteiger partial charge is 0.330 e. The van der Waals surface area contributed by atoms with E-state index in [1.54, 1.807) is 17.5 Å². The maximum absolute atomic E-state index is 13.2. The molecule has 0 fully saturated rings. The van der Waals surface area contributed by atoms with Gasteiger partial charge in [-0.1, -0.05) is 30.3 Å². The second-order valence-corrected chi connectivity index (χ2v) is 8.02. The molecule has 1 amide bonds. The van der Waals surface area contributed by atoms with E-state index in [2.05, 4.69) is 49.2 Å². The number of carbonyl (C=O) groups excluding carboxylic acids is 1. The summed E-state index contributed by atoms with van der Waals surface area (Å²) in [6, 6.07) is 16.6. The van der Waals surface area contributed by atoms with Crippen molar-refractivity contribution in [2.75, 3.05) is 0 Å². The average Bonchev–Trinajstić information content (AvgIpc) is 3.11. The van der Waals surface area contributed by atoms with Gasteiger partial charge in [0.2, 0.25) is 0 Å². The molecule has 3 nitrogen and oxygen atoms in total. The maximum atomic E-state index is 13.2. The number of carbonyl (C=O) groups is 1. The van der Waals surface area contributed by atoms with Crippen molar-refractivity contribution in [2.24, 2.45) is 0 Å². The first-order chi connectivity index (χ1) is 12.6. The Morgan fingerprint density at radius 1 is 1.12 bits per heavy atom. The maximum Gasteiger partial charge on any atom is 0.264 e. The molecule has 0 radical (unpaired) electrons. The van der Waals surface area contributed by atoms with Gasteiger partial charge in [0.15, 0.2) is 0 Å². The number of hydrogen-bond acceptors (Lipinski definition) is 3. The van der Waals surface area contributed by atoms with E-state index in [-0.39, 0.29) is 11.9 Å². The molecule has 0 saturated heterocycles. The summed E-state index contributed by atoms with van der Waals surface area (Å²) in [5, 5.41) is 0. The van der Waals surface area contributed by atoms with Crippen molar-refractivity contribution < 1.29 is 4.79 Å². The van der Waals surface area contributed by atoms with Crippen molar-refractivity contribution >= 4 is 17.2 Å². The van der Waals surface area contributed by atoms with E-state index in [9.17, 15) is 4.79 Å². The number of aromatic nitrogens is 1. The number of fused-ring (bicyclic) bond motifs is 3. The van der Waals surface area contributed by atoms with Gasteiger partial charge >= 0.3 is 0 Å².